The van der Waals surface area contributed by atoms with Crippen molar-refractivity contribution in [3.05, 3.63) is 23.8 Å². The van der Waals surface area contributed by atoms with Crippen molar-refractivity contribution in [2.75, 3.05) is 61.2 Å². The molecule has 0 spiro atoms. The molecule has 7 nitrogen and oxygen atoms in total. The number of hydrogen-bond donors (Lipinski definition) is 2. The first-order chi connectivity index (χ1) is 14.1. The second-order valence-electron chi connectivity index (χ2n) is 7.61. The van der Waals surface area contributed by atoms with Crippen LogP contribution in [-0.4, -0.2) is 72.0 Å². The second-order valence-corrected chi connectivity index (χ2v) is 7.61. The summed E-state index contributed by atoms with van der Waals surface area (Å²) >= 11 is 0. The van der Waals surface area contributed by atoms with Gasteiger partial charge in [-0.25, -0.2) is 0 Å². The second kappa shape index (κ2) is 14.7. The quantitative estimate of drug-likeness (QED) is 0.175. The summed E-state index contributed by atoms with van der Waals surface area (Å²) in [5.74, 6) is 3.12. The highest BCUT2D eigenvalue weighted by Gasteiger charge is 2.21. The molecular formula is C22H39IN4O3. The summed E-state index contributed by atoms with van der Waals surface area (Å²) in [7, 11) is 7.44. The molecule has 172 valence electrons. The van der Waals surface area contributed by atoms with Gasteiger partial charge < -0.3 is 29.7 Å². The van der Waals surface area contributed by atoms with Crippen molar-refractivity contribution in [1.82, 2.24) is 15.5 Å². The molecule has 30 heavy (non-hydrogen) atoms. The van der Waals surface area contributed by atoms with Gasteiger partial charge in [-0.2, -0.15) is 0 Å². The Kier molecular flexibility index (Phi) is 13.1. The molecule has 1 unspecified atom stereocenters. The lowest BCUT2D eigenvalue weighted by molar-refractivity contribution is 0.123. The topological polar surface area (TPSA) is 67.4 Å². The Bertz CT molecular complexity index is 639. The number of guanidine groups is 1. The molecule has 1 aliphatic rings. The fourth-order valence-corrected chi connectivity index (χ4v) is 3.06. The van der Waals surface area contributed by atoms with Crippen LogP contribution in [-0.2, 0) is 4.74 Å². The third-order valence-corrected chi connectivity index (χ3v) is 4.99. The van der Waals surface area contributed by atoms with Gasteiger partial charge in [-0.05, 0) is 63.9 Å². The summed E-state index contributed by atoms with van der Waals surface area (Å²) in [5, 5.41) is 6.73. The van der Waals surface area contributed by atoms with Gasteiger partial charge in [-0.3, -0.25) is 4.99 Å². The van der Waals surface area contributed by atoms with E-state index in [1.165, 1.54) is 12.8 Å². The Morgan fingerprint density at radius 3 is 2.50 bits per heavy atom. The van der Waals surface area contributed by atoms with Gasteiger partial charge >= 0.3 is 0 Å². The van der Waals surface area contributed by atoms with Crippen LogP contribution in [0.3, 0.4) is 0 Å². The average molecular weight is 534 g/mol. The Labute approximate surface area is 199 Å². The molecule has 1 aromatic rings. The summed E-state index contributed by atoms with van der Waals surface area (Å²) < 4.78 is 16.5. The predicted octanol–water partition coefficient (Wildman–Crippen LogP) is 3.30. The first-order valence-electron chi connectivity index (χ1n) is 10.6. The van der Waals surface area contributed by atoms with Gasteiger partial charge in [0.25, 0.3) is 0 Å². The average Bonchev–Trinajstić information content (AvgIpc) is 3.54. The Morgan fingerprint density at radius 2 is 1.90 bits per heavy atom. The van der Waals surface area contributed by atoms with E-state index >= 15 is 0 Å². The van der Waals surface area contributed by atoms with Crippen LogP contribution in [0.15, 0.2) is 23.2 Å². The minimum atomic E-state index is 0. The fraction of sp³-hybridized carbons (Fsp3) is 0.682. The van der Waals surface area contributed by atoms with Gasteiger partial charge in [0.05, 0.1) is 26.8 Å². The number of nitrogens with zero attached hydrogens (tertiary/aromatic N) is 2. The van der Waals surface area contributed by atoms with E-state index in [4.69, 9.17) is 19.2 Å². The summed E-state index contributed by atoms with van der Waals surface area (Å²) in [6, 6.07) is 6.17. The van der Waals surface area contributed by atoms with Gasteiger partial charge in [0.2, 0.25) is 0 Å². The molecule has 0 amide bonds. The molecule has 1 atom stereocenters. The zero-order valence-corrected chi connectivity index (χ0v) is 21.4. The van der Waals surface area contributed by atoms with Crippen LogP contribution in [0.4, 0.5) is 0 Å². The summed E-state index contributed by atoms with van der Waals surface area (Å²) in [6.45, 7) is 6.11. The van der Waals surface area contributed by atoms with Crippen molar-refractivity contribution in [3.63, 3.8) is 0 Å². The molecule has 1 aromatic carbocycles. The van der Waals surface area contributed by atoms with Crippen LogP contribution in [0.2, 0.25) is 0 Å². The highest BCUT2D eigenvalue weighted by molar-refractivity contribution is 14.0. The van der Waals surface area contributed by atoms with Gasteiger partial charge in [-0.15, -0.1) is 24.0 Å². The lowest BCUT2D eigenvalue weighted by Crippen LogP contribution is -2.38. The fourth-order valence-electron chi connectivity index (χ4n) is 3.06. The first-order valence-corrected chi connectivity index (χ1v) is 10.6. The van der Waals surface area contributed by atoms with Crippen molar-refractivity contribution in [1.29, 1.82) is 0 Å². The number of ether oxygens (including phenoxy) is 3. The van der Waals surface area contributed by atoms with E-state index in [0.717, 1.165) is 61.7 Å². The van der Waals surface area contributed by atoms with E-state index in [1.807, 2.05) is 12.1 Å². The van der Waals surface area contributed by atoms with Gasteiger partial charge in [0.15, 0.2) is 17.5 Å². The first kappa shape index (κ1) is 26.8. The van der Waals surface area contributed by atoms with Crippen LogP contribution in [0.5, 0.6) is 11.5 Å². The van der Waals surface area contributed by atoms with Crippen molar-refractivity contribution < 1.29 is 14.2 Å². The molecule has 2 N–H and O–H groups in total. The number of halogens is 1. The monoisotopic (exact) mass is 534 g/mol. The number of benzene rings is 1. The SMILES string of the molecule is CCNC(=NCC(c1ccc(OC)c(OC)c1)N(C)C)NCCCOCC1CC1.I. The largest absolute Gasteiger partial charge is 0.493 e. The van der Waals surface area contributed by atoms with Crippen LogP contribution in [0.1, 0.15) is 37.8 Å². The third kappa shape index (κ3) is 9.26. The van der Waals surface area contributed by atoms with E-state index in [9.17, 15) is 0 Å². The lowest BCUT2D eigenvalue weighted by Gasteiger charge is -2.24. The maximum absolute atomic E-state index is 5.70. The molecule has 0 saturated heterocycles. The van der Waals surface area contributed by atoms with Gasteiger partial charge in [-0.1, -0.05) is 6.07 Å². The van der Waals surface area contributed by atoms with Crippen molar-refractivity contribution in [2.24, 2.45) is 10.9 Å². The van der Waals surface area contributed by atoms with Gasteiger partial charge in [0.1, 0.15) is 0 Å². The number of rotatable bonds is 13. The number of aliphatic imine (C=N–C) groups is 1. The molecule has 1 aliphatic carbocycles. The van der Waals surface area contributed by atoms with E-state index in [2.05, 4.69) is 42.6 Å². The minimum Gasteiger partial charge on any atom is -0.493 e. The van der Waals surface area contributed by atoms with Gasteiger partial charge in [0, 0.05) is 26.3 Å². The van der Waals surface area contributed by atoms with Crippen LogP contribution < -0.4 is 20.1 Å². The predicted molar refractivity (Wildman–Crippen MR) is 134 cm³/mol. The highest BCUT2D eigenvalue weighted by atomic mass is 127. The molecule has 0 aromatic heterocycles. The van der Waals surface area contributed by atoms with Crippen LogP contribution in [0, 0.1) is 5.92 Å². The molecule has 0 radical (unpaired) electrons. The van der Waals surface area contributed by atoms with Crippen molar-refractivity contribution in [2.45, 2.75) is 32.2 Å². The smallest absolute Gasteiger partial charge is 0.191 e. The standard InChI is InChI=1S/C22H38N4O3.HI/c1-6-23-22(24-12-7-13-29-16-17-8-9-17)25-15-19(26(2)3)18-10-11-20(27-4)21(14-18)28-5;/h10-11,14,17,19H,6-9,12-13,15-16H2,1-5H3,(H2,23,24,25);1H. The molecule has 0 aliphatic heterocycles. The van der Waals surface area contributed by atoms with E-state index < -0.39 is 0 Å². The minimum absolute atomic E-state index is 0. The summed E-state index contributed by atoms with van der Waals surface area (Å²) in [5.41, 5.74) is 1.14. The van der Waals surface area contributed by atoms with Crippen LogP contribution >= 0.6 is 24.0 Å². The third-order valence-electron chi connectivity index (χ3n) is 4.99. The molecule has 1 fully saturated rings. The zero-order chi connectivity index (χ0) is 21.1. The molecule has 1 saturated carbocycles. The molecular weight excluding hydrogens is 495 g/mol. The summed E-state index contributed by atoms with van der Waals surface area (Å²) in [6.07, 6.45) is 3.65. The van der Waals surface area contributed by atoms with E-state index in [1.54, 1.807) is 14.2 Å². The molecule has 2 rings (SSSR count). The van der Waals surface area contributed by atoms with Crippen molar-refractivity contribution in [3.8, 4) is 11.5 Å². The molecule has 0 bridgehead atoms. The Hall–Kier alpha value is -1.26. The lowest BCUT2D eigenvalue weighted by atomic mass is 10.1. The Balaban J connectivity index is 0.00000450. The number of hydrogen-bond acceptors (Lipinski definition) is 5. The Morgan fingerprint density at radius 1 is 1.17 bits per heavy atom. The summed E-state index contributed by atoms with van der Waals surface area (Å²) in [4.78, 5) is 6.97. The molecule has 8 heteroatoms. The number of likely N-dealkylation sites (N-methyl/N-ethyl adjacent to an activating group) is 1. The maximum atomic E-state index is 5.70. The maximum Gasteiger partial charge on any atom is 0.191 e. The van der Waals surface area contributed by atoms with E-state index in [0.29, 0.717) is 6.54 Å². The van der Waals surface area contributed by atoms with Crippen molar-refractivity contribution >= 4 is 29.9 Å². The normalized spacial score (nSPS) is 14.8. The highest BCUT2D eigenvalue weighted by Crippen LogP contribution is 2.31. The van der Waals surface area contributed by atoms with E-state index in [-0.39, 0.29) is 30.0 Å². The number of nitrogens with one attached hydrogen (secondary N) is 2. The molecule has 0 heterocycles. The zero-order valence-electron chi connectivity index (χ0n) is 19.1. The number of methoxy groups -OCH3 is 2. The van der Waals surface area contributed by atoms with Crippen LogP contribution in [0.25, 0.3) is 0 Å².